The number of ether oxygens (including phenoxy) is 1. The Hall–Kier alpha value is -1.50. The topological polar surface area (TPSA) is 96.5 Å². The van der Waals surface area contributed by atoms with E-state index in [1.165, 1.54) is 0 Å². The summed E-state index contributed by atoms with van der Waals surface area (Å²) >= 11 is 5.27. The highest BCUT2D eigenvalue weighted by atomic mass is 35.5. The molecule has 0 atom stereocenters. The summed E-state index contributed by atoms with van der Waals surface area (Å²) in [6.45, 7) is 5.55. The molecule has 0 aliphatic rings. The first-order chi connectivity index (χ1) is 8.74. The van der Waals surface area contributed by atoms with Gasteiger partial charge in [0.05, 0.1) is 6.54 Å². The van der Waals surface area contributed by atoms with Gasteiger partial charge < -0.3 is 20.7 Å². The first kappa shape index (κ1) is 17.5. The zero-order valence-electron chi connectivity index (χ0n) is 11.3. The van der Waals surface area contributed by atoms with Crippen LogP contribution in [-0.2, 0) is 14.3 Å². The van der Waals surface area contributed by atoms with Gasteiger partial charge in [-0.1, -0.05) is 0 Å². The second kappa shape index (κ2) is 8.58. The lowest BCUT2D eigenvalue weighted by Gasteiger charge is -2.19. The molecular weight excluding hydrogens is 274 g/mol. The number of hydrogen-bond donors (Lipinski definition) is 3. The molecule has 110 valence electrons. The molecule has 0 saturated carbocycles. The SMILES string of the molecule is CC(C)(C)OC(=O)NCC(=O)NCCNC(=O)CCl. The van der Waals surface area contributed by atoms with Crippen molar-refractivity contribution in [2.75, 3.05) is 25.5 Å². The molecule has 3 N–H and O–H groups in total. The molecule has 0 rings (SSSR count). The molecule has 7 nitrogen and oxygen atoms in total. The predicted octanol–water partition coefficient (Wildman–Crippen LogP) is -0.0177. The summed E-state index contributed by atoms with van der Waals surface area (Å²) < 4.78 is 4.96. The van der Waals surface area contributed by atoms with E-state index in [9.17, 15) is 14.4 Å². The van der Waals surface area contributed by atoms with E-state index >= 15 is 0 Å². The summed E-state index contributed by atoms with van der Waals surface area (Å²) in [6.07, 6.45) is -0.655. The maximum absolute atomic E-state index is 11.3. The molecule has 0 unspecified atom stereocenters. The molecule has 0 aliphatic heterocycles. The molecule has 0 spiro atoms. The van der Waals surface area contributed by atoms with Gasteiger partial charge >= 0.3 is 6.09 Å². The van der Waals surface area contributed by atoms with Gasteiger partial charge in [0.25, 0.3) is 0 Å². The van der Waals surface area contributed by atoms with Crippen LogP contribution in [0.15, 0.2) is 0 Å². The van der Waals surface area contributed by atoms with E-state index in [1.807, 2.05) is 0 Å². The first-order valence-electron chi connectivity index (χ1n) is 5.81. The van der Waals surface area contributed by atoms with Crippen molar-refractivity contribution in [3.8, 4) is 0 Å². The molecule has 0 aliphatic carbocycles. The molecule has 0 bridgehead atoms. The largest absolute Gasteiger partial charge is 0.444 e. The third kappa shape index (κ3) is 11.3. The summed E-state index contributed by atoms with van der Waals surface area (Å²) in [4.78, 5) is 33.3. The standard InChI is InChI=1S/C11H20ClN3O4/c1-11(2,3)19-10(18)15-7-9(17)14-5-4-13-8(16)6-12/h4-7H2,1-3H3,(H,13,16)(H,14,17)(H,15,18). The van der Waals surface area contributed by atoms with E-state index in [-0.39, 0.29) is 37.3 Å². The molecule has 0 radical (unpaired) electrons. The Morgan fingerprint density at radius 2 is 1.53 bits per heavy atom. The van der Waals surface area contributed by atoms with Crippen LogP contribution in [0.1, 0.15) is 20.8 Å². The fourth-order valence-corrected chi connectivity index (χ4v) is 1.07. The van der Waals surface area contributed by atoms with E-state index in [1.54, 1.807) is 20.8 Å². The Labute approximate surface area is 117 Å². The Morgan fingerprint density at radius 3 is 2.00 bits per heavy atom. The second-order valence-electron chi connectivity index (χ2n) is 4.69. The summed E-state index contributed by atoms with van der Waals surface area (Å²) in [7, 11) is 0. The minimum Gasteiger partial charge on any atom is -0.444 e. The van der Waals surface area contributed by atoms with E-state index in [0.29, 0.717) is 0 Å². The van der Waals surface area contributed by atoms with Crippen LogP contribution in [0.25, 0.3) is 0 Å². The van der Waals surface area contributed by atoms with E-state index in [0.717, 1.165) is 0 Å². The summed E-state index contributed by atoms with van der Waals surface area (Å²) in [5, 5.41) is 7.32. The monoisotopic (exact) mass is 293 g/mol. The average Bonchev–Trinajstić information content (AvgIpc) is 2.29. The van der Waals surface area contributed by atoms with Crippen molar-refractivity contribution in [2.24, 2.45) is 0 Å². The minimum absolute atomic E-state index is 0.117. The lowest BCUT2D eigenvalue weighted by atomic mass is 10.2. The van der Waals surface area contributed by atoms with Crippen molar-refractivity contribution >= 4 is 29.5 Å². The van der Waals surface area contributed by atoms with Gasteiger partial charge in [-0.25, -0.2) is 4.79 Å². The smallest absolute Gasteiger partial charge is 0.408 e. The maximum atomic E-state index is 11.3. The quantitative estimate of drug-likeness (QED) is 0.474. The van der Waals surface area contributed by atoms with Crippen LogP contribution in [0.4, 0.5) is 4.79 Å². The van der Waals surface area contributed by atoms with Gasteiger partial charge in [0.2, 0.25) is 11.8 Å². The Balaban J connectivity index is 3.65. The Kier molecular flexibility index (Phi) is 7.90. The maximum Gasteiger partial charge on any atom is 0.408 e. The molecule has 3 amide bonds. The zero-order valence-corrected chi connectivity index (χ0v) is 12.1. The third-order valence-electron chi connectivity index (χ3n) is 1.68. The third-order valence-corrected chi connectivity index (χ3v) is 1.93. The van der Waals surface area contributed by atoms with Crippen molar-refractivity contribution in [3.05, 3.63) is 0 Å². The molecular formula is C11H20ClN3O4. The number of carbonyl (C=O) groups is 3. The Bertz CT molecular complexity index is 328. The number of alkyl carbamates (subject to hydrolysis) is 1. The van der Waals surface area contributed by atoms with Crippen molar-refractivity contribution in [1.82, 2.24) is 16.0 Å². The highest BCUT2D eigenvalue weighted by Crippen LogP contribution is 2.05. The normalized spacial score (nSPS) is 10.5. The molecule has 0 aromatic carbocycles. The molecule has 0 heterocycles. The average molecular weight is 294 g/mol. The van der Waals surface area contributed by atoms with Crippen LogP contribution in [0, 0.1) is 0 Å². The highest BCUT2D eigenvalue weighted by molar-refractivity contribution is 6.27. The van der Waals surface area contributed by atoms with Gasteiger partial charge in [0.1, 0.15) is 11.5 Å². The molecule has 0 aromatic heterocycles. The number of rotatable bonds is 6. The van der Waals surface area contributed by atoms with Gasteiger partial charge in [-0.3, -0.25) is 9.59 Å². The fraction of sp³-hybridized carbons (Fsp3) is 0.727. The van der Waals surface area contributed by atoms with Crippen LogP contribution < -0.4 is 16.0 Å². The van der Waals surface area contributed by atoms with Crippen LogP contribution in [0.5, 0.6) is 0 Å². The molecule has 0 fully saturated rings. The number of alkyl halides is 1. The second-order valence-corrected chi connectivity index (χ2v) is 4.96. The summed E-state index contributed by atoms with van der Waals surface area (Å²) in [6, 6.07) is 0. The van der Waals surface area contributed by atoms with Gasteiger partial charge in [0, 0.05) is 13.1 Å². The first-order valence-corrected chi connectivity index (χ1v) is 6.34. The zero-order chi connectivity index (χ0) is 14.9. The van der Waals surface area contributed by atoms with Gasteiger partial charge in [-0.15, -0.1) is 11.6 Å². The predicted molar refractivity (Wildman–Crippen MR) is 71.0 cm³/mol. The van der Waals surface area contributed by atoms with Gasteiger partial charge in [-0.2, -0.15) is 0 Å². The van der Waals surface area contributed by atoms with Crippen molar-refractivity contribution in [1.29, 1.82) is 0 Å². The number of amides is 3. The highest BCUT2D eigenvalue weighted by Gasteiger charge is 2.16. The number of hydrogen-bond acceptors (Lipinski definition) is 4. The fourth-order valence-electron chi connectivity index (χ4n) is 0.980. The van der Waals surface area contributed by atoms with Gasteiger partial charge in [0.15, 0.2) is 0 Å². The van der Waals surface area contributed by atoms with Crippen LogP contribution in [0.2, 0.25) is 0 Å². The lowest BCUT2D eigenvalue weighted by molar-refractivity contribution is -0.121. The number of nitrogens with one attached hydrogen (secondary N) is 3. The Morgan fingerprint density at radius 1 is 1.00 bits per heavy atom. The van der Waals surface area contributed by atoms with E-state index in [2.05, 4.69) is 16.0 Å². The number of carbonyl (C=O) groups excluding carboxylic acids is 3. The molecule has 0 saturated heterocycles. The van der Waals surface area contributed by atoms with E-state index < -0.39 is 11.7 Å². The van der Waals surface area contributed by atoms with Crippen LogP contribution in [-0.4, -0.2) is 49.0 Å². The van der Waals surface area contributed by atoms with Crippen molar-refractivity contribution < 1.29 is 19.1 Å². The molecule has 0 aromatic rings. The summed E-state index contributed by atoms with van der Waals surface area (Å²) in [5.41, 5.74) is -0.605. The van der Waals surface area contributed by atoms with Crippen LogP contribution in [0.3, 0.4) is 0 Å². The minimum atomic E-state index is -0.655. The van der Waals surface area contributed by atoms with E-state index in [4.69, 9.17) is 16.3 Å². The molecule has 8 heteroatoms. The van der Waals surface area contributed by atoms with Crippen molar-refractivity contribution in [2.45, 2.75) is 26.4 Å². The van der Waals surface area contributed by atoms with Crippen LogP contribution >= 0.6 is 11.6 Å². The van der Waals surface area contributed by atoms with Crippen molar-refractivity contribution in [3.63, 3.8) is 0 Å². The lowest BCUT2D eigenvalue weighted by Crippen LogP contribution is -2.42. The molecule has 19 heavy (non-hydrogen) atoms. The summed E-state index contributed by atoms with van der Waals surface area (Å²) in [5.74, 6) is -0.789. The number of halogens is 1. The van der Waals surface area contributed by atoms with Gasteiger partial charge in [-0.05, 0) is 20.8 Å².